The maximum atomic E-state index is 11.9. The Bertz CT molecular complexity index is 260. The Morgan fingerprint density at radius 2 is 2.00 bits per heavy atom. The van der Waals surface area contributed by atoms with Gasteiger partial charge in [-0.15, -0.1) is 0 Å². The molecule has 1 aromatic carbocycles. The molecule has 2 nitrogen and oxygen atoms in total. The molecule has 78 valence electrons. The predicted molar refractivity (Wildman–Crippen MR) is 55.4 cm³/mol. The Balaban J connectivity index is 2.57. The van der Waals surface area contributed by atoms with Crippen molar-refractivity contribution in [2.75, 3.05) is 20.3 Å². The largest absolute Gasteiger partial charge is 0.497 e. The van der Waals surface area contributed by atoms with E-state index in [9.17, 15) is 4.39 Å². The van der Waals surface area contributed by atoms with Gasteiger partial charge >= 0.3 is 0 Å². The Hall–Kier alpha value is -1.09. The standard InChI is InChI=1S/C11H16FNO/c1-9(13-8-7-12)10-3-5-11(14-2)6-4-10/h3-6,9,13H,7-8H2,1-2H3/t9-/m1/s1. The number of ether oxygens (including phenoxy) is 1. The normalized spacial score (nSPS) is 12.5. The average molecular weight is 197 g/mol. The molecule has 0 aliphatic carbocycles. The third-order valence-electron chi connectivity index (χ3n) is 2.16. The molecule has 0 radical (unpaired) electrons. The van der Waals surface area contributed by atoms with Gasteiger partial charge in [0.1, 0.15) is 12.4 Å². The first kappa shape index (κ1) is 11.0. The first-order chi connectivity index (χ1) is 6.77. The maximum absolute atomic E-state index is 11.9. The van der Waals surface area contributed by atoms with Crippen molar-refractivity contribution < 1.29 is 9.13 Å². The highest BCUT2D eigenvalue weighted by Crippen LogP contribution is 2.16. The Morgan fingerprint density at radius 3 is 2.50 bits per heavy atom. The molecule has 0 aromatic heterocycles. The Kier molecular flexibility index (Phi) is 4.40. The summed E-state index contributed by atoms with van der Waals surface area (Å²) in [5.41, 5.74) is 1.14. The van der Waals surface area contributed by atoms with Crippen LogP contribution in [0, 0.1) is 0 Å². The zero-order valence-electron chi connectivity index (χ0n) is 8.59. The van der Waals surface area contributed by atoms with Crippen molar-refractivity contribution >= 4 is 0 Å². The van der Waals surface area contributed by atoms with E-state index in [1.165, 1.54) is 0 Å². The van der Waals surface area contributed by atoms with E-state index in [0.29, 0.717) is 6.54 Å². The van der Waals surface area contributed by atoms with E-state index in [-0.39, 0.29) is 12.7 Å². The number of hydrogen-bond donors (Lipinski definition) is 1. The molecule has 0 fully saturated rings. The van der Waals surface area contributed by atoms with Gasteiger partial charge in [-0.3, -0.25) is 0 Å². The first-order valence-electron chi connectivity index (χ1n) is 4.71. The predicted octanol–water partition coefficient (Wildman–Crippen LogP) is 2.32. The van der Waals surface area contributed by atoms with Gasteiger partial charge in [-0.25, -0.2) is 4.39 Å². The minimum Gasteiger partial charge on any atom is -0.497 e. The third-order valence-corrected chi connectivity index (χ3v) is 2.16. The fourth-order valence-corrected chi connectivity index (χ4v) is 1.28. The lowest BCUT2D eigenvalue weighted by molar-refractivity contribution is 0.414. The van der Waals surface area contributed by atoms with Crippen LogP contribution in [0.15, 0.2) is 24.3 Å². The molecule has 0 amide bonds. The molecule has 0 aliphatic rings. The fraction of sp³-hybridized carbons (Fsp3) is 0.455. The van der Waals surface area contributed by atoms with Crippen molar-refractivity contribution in [1.29, 1.82) is 0 Å². The summed E-state index contributed by atoms with van der Waals surface area (Å²) in [6.45, 7) is 2.07. The number of hydrogen-bond acceptors (Lipinski definition) is 2. The van der Waals surface area contributed by atoms with Crippen LogP contribution in [0.5, 0.6) is 5.75 Å². The van der Waals surface area contributed by atoms with E-state index in [1.54, 1.807) is 7.11 Å². The smallest absolute Gasteiger partial charge is 0.118 e. The van der Waals surface area contributed by atoms with E-state index < -0.39 is 0 Å². The van der Waals surface area contributed by atoms with Gasteiger partial charge in [0.15, 0.2) is 0 Å². The van der Waals surface area contributed by atoms with Crippen molar-refractivity contribution in [3.63, 3.8) is 0 Å². The van der Waals surface area contributed by atoms with Crippen LogP contribution in [0.3, 0.4) is 0 Å². The number of methoxy groups -OCH3 is 1. The van der Waals surface area contributed by atoms with Crippen LogP contribution in [0.4, 0.5) is 4.39 Å². The second kappa shape index (κ2) is 5.60. The van der Waals surface area contributed by atoms with Gasteiger partial charge < -0.3 is 10.1 Å². The topological polar surface area (TPSA) is 21.3 Å². The molecule has 0 saturated carbocycles. The second-order valence-corrected chi connectivity index (χ2v) is 3.14. The van der Waals surface area contributed by atoms with Gasteiger partial charge in [-0.05, 0) is 24.6 Å². The molecule has 0 unspecified atom stereocenters. The van der Waals surface area contributed by atoms with Crippen molar-refractivity contribution in [2.24, 2.45) is 0 Å². The third kappa shape index (κ3) is 3.00. The zero-order valence-corrected chi connectivity index (χ0v) is 8.59. The highest BCUT2D eigenvalue weighted by atomic mass is 19.1. The van der Waals surface area contributed by atoms with E-state index >= 15 is 0 Å². The molecular weight excluding hydrogens is 181 g/mol. The quantitative estimate of drug-likeness (QED) is 0.782. The lowest BCUT2D eigenvalue weighted by Gasteiger charge is -2.13. The minimum absolute atomic E-state index is 0.177. The summed E-state index contributed by atoms with van der Waals surface area (Å²) in [7, 11) is 1.64. The molecule has 1 aromatic rings. The van der Waals surface area contributed by atoms with Crippen LogP contribution in [0.2, 0.25) is 0 Å². The van der Waals surface area contributed by atoms with Crippen LogP contribution in [-0.2, 0) is 0 Å². The van der Waals surface area contributed by atoms with Crippen LogP contribution >= 0.6 is 0 Å². The van der Waals surface area contributed by atoms with E-state index in [0.717, 1.165) is 11.3 Å². The lowest BCUT2D eigenvalue weighted by Crippen LogP contribution is -2.20. The van der Waals surface area contributed by atoms with E-state index in [2.05, 4.69) is 5.32 Å². The molecule has 1 atom stereocenters. The van der Waals surface area contributed by atoms with Crippen molar-refractivity contribution in [1.82, 2.24) is 5.32 Å². The molecule has 1 N–H and O–H groups in total. The number of benzene rings is 1. The minimum atomic E-state index is -0.333. The molecule has 1 rings (SSSR count). The summed E-state index contributed by atoms with van der Waals surface area (Å²) >= 11 is 0. The van der Waals surface area contributed by atoms with Crippen LogP contribution < -0.4 is 10.1 Å². The summed E-state index contributed by atoms with van der Waals surface area (Å²) < 4.78 is 17.0. The molecular formula is C11H16FNO. The summed E-state index contributed by atoms with van der Waals surface area (Å²) in [5.74, 6) is 0.839. The first-order valence-corrected chi connectivity index (χ1v) is 4.71. The lowest BCUT2D eigenvalue weighted by atomic mass is 10.1. The van der Waals surface area contributed by atoms with Crippen LogP contribution in [0.25, 0.3) is 0 Å². The van der Waals surface area contributed by atoms with Gasteiger partial charge in [0.2, 0.25) is 0 Å². The zero-order chi connectivity index (χ0) is 10.4. The van der Waals surface area contributed by atoms with Crippen molar-refractivity contribution in [3.05, 3.63) is 29.8 Å². The molecule has 14 heavy (non-hydrogen) atoms. The maximum Gasteiger partial charge on any atom is 0.118 e. The summed E-state index contributed by atoms with van der Waals surface area (Å²) in [6.07, 6.45) is 0. The Morgan fingerprint density at radius 1 is 1.36 bits per heavy atom. The highest BCUT2D eigenvalue weighted by Gasteiger charge is 2.03. The number of nitrogens with one attached hydrogen (secondary N) is 1. The van der Waals surface area contributed by atoms with Gasteiger partial charge in [0.05, 0.1) is 7.11 Å². The van der Waals surface area contributed by atoms with Crippen molar-refractivity contribution in [3.8, 4) is 5.75 Å². The van der Waals surface area contributed by atoms with Gasteiger partial charge in [-0.1, -0.05) is 12.1 Å². The SMILES string of the molecule is COc1ccc([C@@H](C)NCCF)cc1. The summed E-state index contributed by atoms with van der Waals surface area (Å²) in [6, 6.07) is 7.95. The monoisotopic (exact) mass is 197 g/mol. The molecule has 0 heterocycles. The van der Waals surface area contributed by atoms with Crippen LogP contribution in [0.1, 0.15) is 18.5 Å². The Labute approximate surface area is 84.1 Å². The average Bonchev–Trinajstić information content (AvgIpc) is 2.26. The number of rotatable bonds is 5. The highest BCUT2D eigenvalue weighted by molar-refractivity contribution is 5.28. The van der Waals surface area contributed by atoms with Crippen LogP contribution in [-0.4, -0.2) is 20.3 Å². The van der Waals surface area contributed by atoms with Gasteiger partial charge in [-0.2, -0.15) is 0 Å². The molecule has 0 spiro atoms. The van der Waals surface area contributed by atoms with E-state index in [4.69, 9.17) is 4.74 Å². The van der Waals surface area contributed by atoms with Gasteiger partial charge in [0.25, 0.3) is 0 Å². The second-order valence-electron chi connectivity index (χ2n) is 3.14. The number of halogens is 1. The summed E-state index contributed by atoms with van der Waals surface area (Å²) in [4.78, 5) is 0. The molecule has 0 bridgehead atoms. The van der Waals surface area contributed by atoms with Crippen molar-refractivity contribution in [2.45, 2.75) is 13.0 Å². The van der Waals surface area contributed by atoms with E-state index in [1.807, 2.05) is 31.2 Å². The molecule has 0 aliphatic heterocycles. The molecule has 3 heteroatoms. The number of alkyl halides is 1. The van der Waals surface area contributed by atoms with Gasteiger partial charge in [0, 0.05) is 12.6 Å². The summed E-state index contributed by atoms with van der Waals surface area (Å²) in [5, 5.41) is 3.07. The molecule has 0 saturated heterocycles. The fourth-order valence-electron chi connectivity index (χ4n) is 1.28.